The van der Waals surface area contributed by atoms with E-state index in [1.165, 1.54) is 11.3 Å². The number of fused-ring (bicyclic) bond motifs is 1. The first-order valence-corrected chi connectivity index (χ1v) is 6.54. The largest absolute Gasteiger partial charge is 0.390 e. The fraction of sp³-hybridized carbons (Fsp3) is 0.182. The summed E-state index contributed by atoms with van der Waals surface area (Å²) in [5, 5.41) is 0.667. The highest BCUT2D eigenvalue weighted by Crippen LogP contribution is 2.32. The van der Waals surface area contributed by atoms with Gasteiger partial charge in [-0.05, 0) is 12.5 Å². The maximum atomic E-state index is 11.7. The molecule has 0 aliphatic heterocycles. The van der Waals surface area contributed by atoms with Crippen molar-refractivity contribution in [3.8, 4) is 11.4 Å². The van der Waals surface area contributed by atoms with Gasteiger partial charge in [-0.1, -0.05) is 6.92 Å². The molecule has 0 bridgehead atoms. The second kappa shape index (κ2) is 4.09. The Balaban J connectivity index is 2.23. The van der Waals surface area contributed by atoms with Crippen LogP contribution < -0.4 is 17.0 Å². The Kier molecular flexibility index (Phi) is 2.53. The van der Waals surface area contributed by atoms with Crippen LogP contribution in [0.2, 0.25) is 0 Å². The molecule has 19 heavy (non-hydrogen) atoms. The number of anilines is 2. The van der Waals surface area contributed by atoms with Crippen LogP contribution in [0.15, 0.2) is 10.9 Å². The number of nitrogens with two attached hydrogens (primary N) is 2. The molecule has 0 radical (unpaired) electrons. The summed E-state index contributed by atoms with van der Waals surface area (Å²) in [5.74, 6) is 0.579. The number of imidazole rings is 1. The Bertz CT molecular complexity index is 814. The minimum atomic E-state index is -0.342. The van der Waals surface area contributed by atoms with Crippen LogP contribution in [-0.2, 0) is 6.42 Å². The molecule has 0 aromatic carbocycles. The summed E-state index contributed by atoms with van der Waals surface area (Å²) < 4.78 is 0. The first kappa shape index (κ1) is 11.7. The Hall–Kier alpha value is -2.35. The molecule has 7 nitrogen and oxygen atoms in total. The van der Waals surface area contributed by atoms with Gasteiger partial charge in [0, 0.05) is 4.88 Å². The van der Waals surface area contributed by atoms with Crippen LogP contribution in [0.1, 0.15) is 11.8 Å². The van der Waals surface area contributed by atoms with Crippen molar-refractivity contribution in [2.45, 2.75) is 13.3 Å². The van der Waals surface area contributed by atoms with Gasteiger partial charge in [0.1, 0.15) is 5.82 Å². The van der Waals surface area contributed by atoms with Crippen LogP contribution in [0.3, 0.4) is 0 Å². The molecule has 0 unspecified atom stereocenters. The number of nitrogens with zero attached hydrogens (tertiary/aromatic N) is 2. The van der Waals surface area contributed by atoms with Crippen LogP contribution in [0.5, 0.6) is 0 Å². The molecule has 0 saturated heterocycles. The van der Waals surface area contributed by atoms with Gasteiger partial charge in [-0.15, -0.1) is 11.3 Å². The molecule has 0 atom stereocenters. The van der Waals surface area contributed by atoms with Gasteiger partial charge in [-0.25, -0.2) is 4.98 Å². The van der Waals surface area contributed by atoms with Crippen molar-refractivity contribution in [3.63, 3.8) is 0 Å². The van der Waals surface area contributed by atoms with Crippen molar-refractivity contribution < 1.29 is 0 Å². The first-order chi connectivity index (χ1) is 9.08. The standard InChI is InChI=1S/C11H12N6OS/c1-2-4-3-5(7(12)19-4)8-14-6-9(15-8)16-11(13)17-10(6)18/h3H,2,12H2,1H3,(H4,13,14,15,16,17,18). The SMILES string of the molecule is CCc1cc(-c2nc3nc(N)[nH]c(=O)c3[nH]2)c(N)s1. The van der Waals surface area contributed by atoms with Crippen molar-refractivity contribution in [1.82, 2.24) is 19.9 Å². The summed E-state index contributed by atoms with van der Waals surface area (Å²) in [5.41, 5.74) is 12.5. The average Bonchev–Trinajstić information content (AvgIpc) is 2.92. The van der Waals surface area contributed by atoms with Crippen LogP contribution >= 0.6 is 11.3 Å². The molecule has 0 aliphatic rings. The van der Waals surface area contributed by atoms with Crippen LogP contribution in [-0.4, -0.2) is 19.9 Å². The van der Waals surface area contributed by atoms with Gasteiger partial charge in [0.15, 0.2) is 11.2 Å². The lowest BCUT2D eigenvalue weighted by Gasteiger charge is -1.91. The van der Waals surface area contributed by atoms with E-state index in [4.69, 9.17) is 11.5 Å². The summed E-state index contributed by atoms with van der Waals surface area (Å²) >= 11 is 1.51. The maximum Gasteiger partial charge on any atom is 0.278 e. The molecule has 0 aliphatic carbocycles. The maximum absolute atomic E-state index is 11.7. The number of hydrogen-bond acceptors (Lipinski definition) is 6. The fourth-order valence-electron chi connectivity index (χ4n) is 1.87. The molecule has 6 N–H and O–H groups in total. The molecule has 0 spiro atoms. The second-order valence-electron chi connectivity index (χ2n) is 4.08. The van der Waals surface area contributed by atoms with Gasteiger partial charge < -0.3 is 16.5 Å². The number of aromatic nitrogens is 4. The molecule has 98 valence electrons. The average molecular weight is 276 g/mol. The van der Waals surface area contributed by atoms with Crippen molar-refractivity contribution in [3.05, 3.63) is 21.3 Å². The van der Waals surface area contributed by atoms with Gasteiger partial charge in [0.2, 0.25) is 5.95 Å². The highest BCUT2D eigenvalue weighted by Gasteiger charge is 2.14. The van der Waals surface area contributed by atoms with Gasteiger partial charge in [-0.3, -0.25) is 9.78 Å². The molecule has 0 fully saturated rings. The van der Waals surface area contributed by atoms with Crippen LogP contribution in [0, 0.1) is 0 Å². The van der Waals surface area contributed by atoms with E-state index in [9.17, 15) is 4.79 Å². The Labute approximate surface area is 111 Å². The molecule has 0 saturated carbocycles. The number of nitrogen functional groups attached to an aromatic ring is 2. The van der Waals surface area contributed by atoms with Crippen molar-refractivity contribution in [2.24, 2.45) is 0 Å². The lowest BCUT2D eigenvalue weighted by atomic mass is 10.2. The minimum Gasteiger partial charge on any atom is -0.390 e. The van der Waals surface area contributed by atoms with Gasteiger partial charge in [0.05, 0.1) is 10.6 Å². The molecule has 3 rings (SSSR count). The highest BCUT2D eigenvalue weighted by molar-refractivity contribution is 7.16. The van der Waals surface area contributed by atoms with Gasteiger partial charge >= 0.3 is 0 Å². The van der Waals surface area contributed by atoms with E-state index in [2.05, 4.69) is 26.9 Å². The third kappa shape index (κ3) is 1.85. The molecule has 0 amide bonds. The summed E-state index contributed by atoms with van der Waals surface area (Å²) in [6.07, 6.45) is 0.904. The highest BCUT2D eigenvalue weighted by atomic mass is 32.1. The lowest BCUT2D eigenvalue weighted by molar-refractivity contribution is 1.17. The number of H-pyrrole nitrogens is 2. The minimum absolute atomic E-state index is 0.0445. The number of rotatable bonds is 2. The molecular weight excluding hydrogens is 264 g/mol. The molecule has 3 aromatic rings. The Morgan fingerprint density at radius 3 is 2.79 bits per heavy atom. The van der Waals surface area contributed by atoms with E-state index >= 15 is 0 Å². The zero-order valence-corrected chi connectivity index (χ0v) is 11.0. The number of nitrogens with one attached hydrogen (secondary N) is 2. The monoisotopic (exact) mass is 276 g/mol. The number of hydrogen-bond donors (Lipinski definition) is 4. The number of aryl methyl sites for hydroxylation is 1. The number of aromatic amines is 2. The van der Waals surface area contributed by atoms with Crippen molar-refractivity contribution in [2.75, 3.05) is 11.5 Å². The quantitative estimate of drug-likeness (QED) is 0.557. The van der Waals surface area contributed by atoms with E-state index in [0.29, 0.717) is 22.0 Å². The molecule has 3 heterocycles. The van der Waals surface area contributed by atoms with E-state index in [-0.39, 0.29) is 11.5 Å². The van der Waals surface area contributed by atoms with Gasteiger partial charge in [0.25, 0.3) is 5.56 Å². The smallest absolute Gasteiger partial charge is 0.278 e. The molecule has 3 aromatic heterocycles. The van der Waals surface area contributed by atoms with Crippen molar-refractivity contribution in [1.29, 1.82) is 0 Å². The number of thiophene rings is 1. The third-order valence-electron chi connectivity index (χ3n) is 2.80. The second-order valence-corrected chi connectivity index (χ2v) is 5.25. The fourth-order valence-corrected chi connectivity index (χ4v) is 2.74. The molecular formula is C11H12N6OS. The topological polar surface area (TPSA) is 126 Å². The predicted molar refractivity (Wildman–Crippen MR) is 76.0 cm³/mol. The molecule has 8 heteroatoms. The van der Waals surface area contributed by atoms with Crippen LogP contribution in [0.4, 0.5) is 10.9 Å². The lowest BCUT2D eigenvalue weighted by Crippen LogP contribution is -2.10. The zero-order chi connectivity index (χ0) is 13.6. The van der Waals surface area contributed by atoms with Crippen LogP contribution in [0.25, 0.3) is 22.6 Å². The normalized spacial score (nSPS) is 11.2. The van der Waals surface area contributed by atoms with E-state index < -0.39 is 0 Å². The summed E-state index contributed by atoms with van der Waals surface area (Å²) in [7, 11) is 0. The summed E-state index contributed by atoms with van der Waals surface area (Å²) in [6, 6.07) is 1.97. The van der Waals surface area contributed by atoms with E-state index in [0.717, 1.165) is 16.9 Å². The predicted octanol–water partition coefficient (Wildman–Crippen LogP) is 1.10. The van der Waals surface area contributed by atoms with E-state index in [1.807, 2.05) is 6.07 Å². The van der Waals surface area contributed by atoms with Gasteiger partial charge in [-0.2, -0.15) is 4.98 Å². The van der Waals surface area contributed by atoms with Crippen molar-refractivity contribution >= 4 is 33.5 Å². The summed E-state index contributed by atoms with van der Waals surface area (Å²) in [4.78, 5) is 26.5. The first-order valence-electron chi connectivity index (χ1n) is 5.72. The summed E-state index contributed by atoms with van der Waals surface area (Å²) in [6.45, 7) is 2.06. The third-order valence-corrected chi connectivity index (χ3v) is 3.90. The Morgan fingerprint density at radius 2 is 2.11 bits per heavy atom. The Morgan fingerprint density at radius 1 is 1.32 bits per heavy atom. The van der Waals surface area contributed by atoms with E-state index in [1.54, 1.807) is 0 Å². The zero-order valence-electron chi connectivity index (χ0n) is 10.2.